The van der Waals surface area contributed by atoms with Gasteiger partial charge in [0.05, 0.1) is 19.8 Å². The Morgan fingerprint density at radius 1 is 0.939 bits per heavy atom. The van der Waals surface area contributed by atoms with Crippen LogP contribution >= 0.6 is 0 Å². The first-order valence-corrected chi connectivity index (χ1v) is 12.1. The van der Waals surface area contributed by atoms with Crippen LogP contribution in [0.2, 0.25) is 0 Å². The predicted octanol–water partition coefficient (Wildman–Crippen LogP) is 3.66. The van der Waals surface area contributed by atoms with Gasteiger partial charge in [0.2, 0.25) is 5.75 Å². The van der Waals surface area contributed by atoms with Gasteiger partial charge in [-0.05, 0) is 32.9 Å². The van der Waals surface area contributed by atoms with Gasteiger partial charge in [-0.2, -0.15) is 0 Å². The van der Waals surface area contributed by atoms with Gasteiger partial charge in [0.1, 0.15) is 5.82 Å². The van der Waals surface area contributed by atoms with E-state index in [2.05, 4.69) is 28.3 Å². The molecule has 0 atom stereocenters. The Labute approximate surface area is 197 Å². The van der Waals surface area contributed by atoms with Gasteiger partial charge in [-0.15, -0.1) is 0 Å². The summed E-state index contributed by atoms with van der Waals surface area (Å²) in [7, 11) is 0. The maximum atomic E-state index is 13.3. The molecule has 0 bridgehead atoms. The summed E-state index contributed by atoms with van der Waals surface area (Å²) in [4.78, 5) is 22.1. The van der Waals surface area contributed by atoms with Gasteiger partial charge in [-0.1, -0.05) is 13.8 Å². The molecule has 3 rings (SSSR count). The fraction of sp³-hybridized carbons (Fsp3) is 0.600. The van der Waals surface area contributed by atoms with Crippen molar-refractivity contribution in [1.82, 2.24) is 19.4 Å². The molecule has 1 amide bonds. The second kappa shape index (κ2) is 11.9. The molecule has 0 spiro atoms. The molecule has 33 heavy (non-hydrogen) atoms. The summed E-state index contributed by atoms with van der Waals surface area (Å²) in [6, 6.07) is 3.55. The summed E-state index contributed by atoms with van der Waals surface area (Å²) in [5.74, 6) is 3.18. The van der Waals surface area contributed by atoms with Crippen molar-refractivity contribution >= 4 is 5.91 Å². The molecule has 8 heteroatoms. The van der Waals surface area contributed by atoms with Crippen molar-refractivity contribution in [3.8, 4) is 17.2 Å². The summed E-state index contributed by atoms with van der Waals surface area (Å²) in [5.41, 5.74) is 0.568. The number of hydrogen-bond acceptors (Lipinski definition) is 6. The van der Waals surface area contributed by atoms with Gasteiger partial charge in [-0.25, -0.2) is 4.98 Å². The van der Waals surface area contributed by atoms with Crippen molar-refractivity contribution in [2.45, 2.75) is 47.1 Å². The van der Waals surface area contributed by atoms with Crippen molar-refractivity contribution in [2.75, 3.05) is 52.5 Å². The first-order valence-electron chi connectivity index (χ1n) is 12.1. The highest BCUT2D eigenvalue weighted by Gasteiger charge is 2.25. The predicted molar refractivity (Wildman–Crippen MR) is 129 cm³/mol. The van der Waals surface area contributed by atoms with Crippen LogP contribution in [0.3, 0.4) is 0 Å². The quantitative estimate of drug-likeness (QED) is 0.512. The number of carbonyl (C=O) groups is 1. The first kappa shape index (κ1) is 24.9. The van der Waals surface area contributed by atoms with Crippen LogP contribution in [-0.2, 0) is 6.54 Å². The normalized spacial score (nSPS) is 14.5. The number of imidazole rings is 1. The van der Waals surface area contributed by atoms with Gasteiger partial charge in [0.15, 0.2) is 11.5 Å². The molecule has 0 saturated carbocycles. The van der Waals surface area contributed by atoms with E-state index in [1.54, 1.807) is 12.1 Å². The average Bonchev–Trinajstić information content (AvgIpc) is 3.29. The first-order chi connectivity index (χ1) is 16.0. The van der Waals surface area contributed by atoms with Gasteiger partial charge >= 0.3 is 0 Å². The van der Waals surface area contributed by atoms with E-state index in [4.69, 9.17) is 14.2 Å². The minimum Gasteiger partial charge on any atom is -0.490 e. The number of amides is 1. The Hall–Kier alpha value is -2.74. The zero-order valence-corrected chi connectivity index (χ0v) is 20.7. The molecule has 1 aromatic carbocycles. The van der Waals surface area contributed by atoms with Gasteiger partial charge in [0, 0.05) is 63.1 Å². The lowest BCUT2D eigenvalue weighted by molar-refractivity contribution is 0.0632. The fourth-order valence-electron chi connectivity index (χ4n) is 4.13. The topological polar surface area (TPSA) is 69.1 Å². The Morgan fingerprint density at radius 2 is 1.55 bits per heavy atom. The summed E-state index contributed by atoms with van der Waals surface area (Å²) in [5, 5.41) is 0. The fourth-order valence-corrected chi connectivity index (χ4v) is 4.13. The number of carbonyl (C=O) groups excluding carboxylic acids is 1. The van der Waals surface area contributed by atoms with E-state index in [1.165, 1.54) is 0 Å². The highest BCUT2D eigenvalue weighted by atomic mass is 16.5. The molecule has 1 fully saturated rings. The lowest BCUT2D eigenvalue weighted by Crippen LogP contribution is -2.49. The van der Waals surface area contributed by atoms with Crippen molar-refractivity contribution < 1.29 is 19.0 Å². The molecule has 0 radical (unpaired) electrons. The Kier molecular flexibility index (Phi) is 9.00. The van der Waals surface area contributed by atoms with Crippen molar-refractivity contribution in [2.24, 2.45) is 0 Å². The van der Waals surface area contributed by atoms with E-state index in [9.17, 15) is 4.79 Å². The average molecular weight is 459 g/mol. The smallest absolute Gasteiger partial charge is 0.254 e. The largest absolute Gasteiger partial charge is 0.490 e. The van der Waals surface area contributed by atoms with Crippen molar-refractivity contribution in [3.05, 3.63) is 35.9 Å². The van der Waals surface area contributed by atoms with Crippen molar-refractivity contribution in [3.63, 3.8) is 0 Å². The lowest BCUT2D eigenvalue weighted by Gasteiger charge is -2.35. The third kappa shape index (κ3) is 6.19. The number of nitrogens with zero attached hydrogens (tertiary/aromatic N) is 4. The van der Waals surface area contributed by atoms with Crippen LogP contribution in [0.5, 0.6) is 17.2 Å². The molecule has 2 aromatic rings. The molecular formula is C25H38N4O4. The maximum absolute atomic E-state index is 13.3. The zero-order chi connectivity index (χ0) is 23.8. The zero-order valence-electron chi connectivity index (χ0n) is 20.7. The molecule has 1 aliphatic rings. The Bertz CT molecular complexity index is 877. The van der Waals surface area contributed by atoms with Crippen LogP contribution in [0.15, 0.2) is 24.5 Å². The molecular weight excluding hydrogens is 420 g/mol. The molecule has 1 saturated heterocycles. The molecule has 1 aliphatic heterocycles. The monoisotopic (exact) mass is 458 g/mol. The second-order valence-electron chi connectivity index (χ2n) is 8.37. The number of rotatable bonds is 11. The van der Waals surface area contributed by atoms with Gasteiger partial charge in [0.25, 0.3) is 5.91 Å². The third-order valence-corrected chi connectivity index (χ3v) is 5.74. The molecule has 8 nitrogen and oxygen atoms in total. The minimum absolute atomic E-state index is 0.00342. The summed E-state index contributed by atoms with van der Waals surface area (Å²) < 4.78 is 19.5. The standard InChI is InChI=1S/C25H38N4O4/c1-6-31-21-17-20(18-22(32-7-2)23(21)33-8-3)25(30)29-15-12-27(13-16-29)11-14-28-10-9-26-24(28)19(4)5/h9-10,17-19H,6-8,11-16H2,1-5H3. The lowest BCUT2D eigenvalue weighted by atomic mass is 10.1. The molecule has 0 aliphatic carbocycles. The van der Waals surface area contributed by atoms with Crippen LogP contribution < -0.4 is 14.2 Å². The van der Waals surface area contributed by atoms with E-state index in [0.717, 1.165) is 32.0 Å². The van der Waals surface area contributed by atoms with Gasteiger partial charge < -0.3 is 23.7 Å². The highest BCUT2D eigenvalue weighted by Crippen LogP contribution is 2.39. The number of hydrogen-bond donors (Lipinski definition) is 0. The molecule has 0 unspecified atom stereocenters. The van der Waals surface area contributed by atoms with E-state index in [1.807, 2.05) is 38.1 Å². The summed E-state index contributed by atoms with van der Waals surface area (Å²) >= 11 is 0. The summed E-state index contributed by atoms with van der Waals surface area (Å²) in [6.07, 6.45) is 3.92. The van der Waals surface area contributed by atoms with E-state index >= 15 is 0 Å². The van der Waals surface area contributed by atoms with Crippen LogP contribution in [-0.4, -0.2) is 77.8 Å². The number of ether oxygens (including phenoxy) is 3. The minimum atomic E-state index is -0.00342. The Morgan fingerprint density at radius 3 is 2.09 bits per heavy atom. The van der Waals surface area contributed by atoms with E-state index in [-0.39, 0.29) is 5.91 Å². The van der Waals surface area contributed by atoms with Crippen LogP contribution in [0.1, 0.15) is 56.7 Å². The number of benzene rings is 1. The number of piperazine rings is 1. The third-order valence-electron chi connectivity index (χ3n) is 5.74. The second-order valence-corrected chi connectivity index (χ2v) is 8.37. The van der Waals surface area contributed by atoms with Crippen LogP contribution in [0.25, 0.3) is 0 Å². The van der Waals surface area contributed by atoms with Gasteiger partial charge in [-0.3, -0.25) is 9.69 Å². The molecule has 2 heterocycles. The summed E-state index contributed by atoms with van der Waals surface area (Å²) in [6.45, 7) is 16.5. The molecule has 182 valence electrons. The highest BCUT2D eigenvalue weighted by molar-refractivity contribution is 5.95. The number of aromatic nitrogens is 2. The molecule has 0 N–H and O–H groups in total. The van der Waals surface area contributed by atoms with Crippen LogP contribution in [0.4, 0.5) is 0 Å². The SMILES string of the molecule is CCOc1cc(C(=O)N2CCN(CCn3ccnc3C(C)C)CC2)cc(OCC)c1OCC. The molecule has 1 aromatic heterocycles. The maximum Gasteiger partial charge on any atom is 0.254 e. The van der Waals surface area contributed by atoms with E-state index in [0.29, 0.717) is 61.6 Å². The Balaban J connectivity index is 1.64. The van der Waals surface area contributed by atoms with E-state index < -0.39 is 0 Å². The van der Waals surface area contributed by atoms with Crippen molar-refractivity contribution in [1.29, 1.82) is 0 Å². The van der Waals surface area contributed by atoms with Crippen LogP contribution in [0, 0.1) is 0 Å².